The van der Waals surface area contributed by atoms with Crippen LogP contribution >= 0.6 is 0 Å². The summed E-state index contributed by atoms with van der Waals surface area (Å²) >= 11 is 0. The molecule has 0 bridgehead atoms. The number of hydrogen-bond acceptors (Lipinski definition) is 2. The lowest BCUT2D eigenvalue weighted by Crippen LogP contribution is -2.33. The third kappa shape index (κ3) is 1.84. The van der Waals surface area contributed by atoms with Gasteiger partial charge in [-0.05, 0) is 6.07 Å². The van der Waals surface area contributed by atoms with E-state index in [9.17, 15) is 18.0 Å². The molecule has 76 valence electrons. The number of aliphatic carboxylic acids is 1. The number of aromatic nitrogens is 1. The van der Waals surface area contributed by atoms with Gasteiger partial charge in [0, 0.05) is 18.0 Å². The van der Waals surface area contributed by atoms with Crippen LogP contribution in [0.1, 0.15) is 11.7 Å². The zero-order valence-corrected chi connectivity index (χ0v) is 6.82. The van der Waals surface area contributed by atoms with E-state index in [0.717, 1.165) is 12.3 Å². The van der Waals surface area contributed by atoms with Crippen molar-refractivity contribution in [1.29, 1.82) is 0 Å². The summed E-state index contributed by atoms with van der Waals surface area (Å²) in [5.74, 6) is -6.92. The fourth-order valence-corrected chi connectivity index (χ4v) is 0.844. The van der Waals surface area contributed by atoms with E-state index in [2.05, 4.69) is 4.98 Å². The van der Waals surface area contributed by atoms with Crippen molar-refractivity contribution in [2.75, 3.05) is 0 Å². The van der Waals surface area contributed by atoms with Gasteiger partial charge in [0.1, 0.15) is 0 Å². The zero-order valence-electron chi connectivity index (χ0n) is 6.82. The quantitative estimate of drug-likeness (QED) is 0.818. The standard InChI is InChI=1S/C8H6F3NO2/c9-6(8(10,11)7(13)14)5-2-1-3-12-4-5/h1-4,6H,(H,13,14). The Hall–Kier alpha value is -1.59. The summed E-state index contributed by atoms with van der Waals surface area (Å²) in [5, 5.41) is 8.06. The van der Waals surface area contributed by atoms with Crippen molar-refractivity contribution in [1.82, 2.24) is 4.98 Å². The summed E-state index contributed by atoms with van der Waals surface area (Å²) in [6.45, 7) is 0. The fourth-order valence-electron chi connectivity index (χ4n) is 0.844. The monoisotopic (exact) mass is 205 g/mol. The first-order valence-corrected chi connectivity index (χ1v) is 3.61. The number of nitrogens with zero attached hydrogens (tertiary/aromatic N) is 1. The van der Waals surface area contributed by atoms with Crippen LogP contribution in [0.5, 0.6) is 0 Å². The molecular formula is C8H6F3NO2. The van der Waals surface area contributed by atoms with Gasteiger partial charge in [-0.25, -0.2) is 9.18 Å². The lowest BCUT2D eigenvalue weighted by molar-refractivity contribution is -0.175. The van der Waals surface area contributed by atoms with E-state index in [4.69, 9.17) is 5.11 Å². The maximum Gasteiger partial charge on any atom is 0.378 e. The lowest BCUT2D eigenvalue weighted by Gasteiger charge is -2.15. The number of carboxylic acids is 1. The second-order valence-electron chi connectivity index (χ2n) is 2.58. The second-order valence-corrected chi connectivity index (χ2v) is 2.58. The highest BCUT2D eigenvalue weighted by molar-refractivity contribution is 5.76. The van der Waals surface area contributed by atoms with Crippen LogP contribution in [0.2, 0.25) is 0 Å². The molecule has 1 aromatic heterocycles. The predicted octanol–water partition coefficient (Wildman–Crippen LogP) is 1.81. The van der Waals surface area contributed by atoms with Crippen LogP contribution < -0.4 is 0 Å². The van der Waals surface area contributed by atoms with Crippen molar-refractivity contribution >= 4 is 5.97 Å². The Labute approximate surface area is 77.2 Å². The van der Waals surface area contributed by atoms with Crippen LogP contribution in [0.25, 0.3) is 0 Å². The number of alkyl halides is 3. The number of rotatable bonds is 3. The van der Waals surface area contributed by atoms with Gasteiger partial charge in [-0.2, -0.15) is 8.78 Å². The number of halogens is 3. The highest BCUT2D eigenvalue weighted by Crippen LogP contribution is 2.34. The van der Waals surface area contributed by atoms with E-state index in [1.807, 2.05) is 0 Å². The summed E-state index contributed by atoms with van der Waals surface area (Å²) in [5.41, 5.74) is -0.458. The molecule has 0 radical (unpaired) electrons. The maximum atomic E-state index is 13.0. The molecule has 0 aliphatic carbocycles. The first-order chi connectivity index (χ1) is 6.46. The summed E-state index contributed by atoms with van der Waals surface area (Å²) in [6, 6.07) is 2.30. The van der Waals surface area contributed by atoms with Crippen molar-refractivity contribution in [2.45, 2.75) is 12.1 Å². The second kappa shape index (κ2) is 3.65. The van der Waals surface area contributed by atoms with Crippen molar-refractivity contribution in [3.05, 3.63) is 30.1 Å². The first kappa shape index (κ1) is 10.5. The topological polar surface area (TPSA) is 50.2 Å². The Balaban J connectivity index is 2.96. The highest BCUT2D eigenvalue weighted by Gasteiger charge is 2.49. The number of pyridine rings is 1. The fraction of sp³-hybridized carbons (Fsp3) is 0.250. The molecule has 1 atom stereocenters. The lowest BCUT2D eigenvalue weighted by atomic mass is 10.1. The first-order valence-electron chi connectivity index (χ1n) is 3.61. The normalized spacial score (nSPS) is 13.6. The van der Waals surface area contributed by atoms with Crippen LogP contribution in [0.3, 0.4) is 0 Å². The van der Waals surface area contributed by atoms with Gasteiger partial charge in [0.2, 0.25) is 6.17 Å². The molecule has 0 saturated carbocycles. The third-order valence-corrected chi connectivity index (χ3v) is 1.58. The van der Waals surface area contributed by atoms with E-state index in [0.29, 0.717) is 0 Å². The maximum absolute atomic E-state index is 13.0. The van der Waals surface area contributed by atoms with Crippen molar-refractivity contribution in [3.63, 3.8) is 0 Å². The largest absolute Gasteiger partial charge is 0.477 e. The van der Waals surface area contributed by atoms with Crippen LogP contribution in [-0.2, 0) is 4.79 Å². The number of hydrogen-bond donors (Lipinski definition) is 1. The molecule has 6 heteroatoms. The van der Waals surface area contributed by atoms with Gasteiger partial charge < -0.3 is 5.11 Å². The molecule has 0 aromatic carbocycles. The van der Waals surface area contributed by atoms with E-state index in [1.165, 1.54) is 12.3 Å². The number of carboxylic acid groups (broad SMARTS) is 1. The van der Waals surface area contributed by atoms with Crippen LogP contribution in [0.4, 0.5) is 13.2 Å². The van der Waals surface area contributed by atoms with Crippen molar-refractivity contribution in [2.24, 2.45) is 0 Å². The Bertz CT molecular complexity index is 329. The molecule has 0 fully saturated rings. The minimum atomic E-state index is -4.43. The van der Waals surface area contributed by atoms with Crippen LogP contribution in [0.15, 0.2) is 24.5 Å². The van der Waals surface area contributed by atoms with Gasteiger partial charge in [-0.15, -0.1) is 0 Å². The van der Waals surface area contributed by atoms with Gasteiger partial charge >= 0.3 is 11.9 Å². The van der Waals surface area contributed by atoms with Crippen molar-refractivity contribution < 1.29 is 23.1 Å². The minimum Gasteiger partial charge on any atom is -0.477 e. The molecule has 0 aliphatic rings. The van der Waals surface area contributed by atoms with Crippen molar-refractivity contribution in [3.8, 4) is 0 Å². The van der Waals surface area contributed by atoms with Gasteiger partial charge in [-0.1, -0.05) is 6.07 Å². The summed E-state index contributed by atoms with van der Waals surface area (Å²) in [7, 11) is 0. The van der Waals surface area contributed by atoms with Gasteiger partial charge in [-0.3, -0.25) is 4.98 Å². The molecule has 3 nitrogen and oxygen atoms in total. The smallest absolute Gasteiger partial charge is 0.378 e. The molecular weight excluding hydrogens is 199 g/mol. The van der Waals surface area contributed by atoms with Crippen LogP contribution in [-0.4, -0.2) is 22.0 Å². The molecule has 14 heavy (non-hydrogen) atoms. The molecule has 1 aromatic rings. The highest BCUT2D eigenvalue weighted by atomic mass is 19.3. The molecule has 1 N–H and O–H groups in total. The molecule has 1 heterocycles. The Morgan fingerprint density at radius 3 is 2.64 bits per heavy atom. The summed E-state index contributed by atoms with van der Waals surface area (Å²) in [6.07, 6.45) is -0.745. The van der Waals surface area contributed by atoms with E-state index >= 15 is 0 Å². The average Bonchev–Trinajstić information content (AvgIpc) is 2.17. The van der Waals surface area contributed by atoms with Gasteiger partial charge in [0.15, 0.2) is 0 Å². The average molecular weight is 205 g/mol. The Morgan fingerprint density at radius 2 is 2.21 bits per heavy atom. The Morgan fingerprint density at radius 1 is 1.57 bits per heavy atom. The molecule has 0 aliphatic heterocycles. The summed E-state index contributed by atoms with van der Waals surface area (Å²) in [4.78, 5) is 13.4. The molecule has 1 rings (SSSR count). The minimum absolute atomic E-state index is 0.458. The third-order valence-electron chi connectivity index (χ3n) is 1.58. The molecule has 0 spiro atoms. The van der Waals surface area contributed by atoms with E-state index in [-0.39, 0.29) is 0 Å². The molecule has 0 amide bonds. The van der Waals surface area contributed by atoms with E-state index in [1.54, 1.807) is 0 Å². The van der Waals surface area contributed by atoms with E-state index < -0.39 is 23.6 Å². The van der Waals surface area contributed by atoms with Gasteiger partial charge in [0.25, 0.3) is 0 Å². The summed E-state index contributed by atoms with van der Waals surface area (Å²) < 4.78 is 38.2. The predicted molar refractivity (Wildman–Crippen MR) is 40.7 cm³/mol. The SMILES string of the molecule is O=C(O)C(F)(F)C(F)c1cccnc1. The van der Waals surface area contributed by atoms with Crippen LogP contribution in [0, 0.1) is 0 Å². The molecule has 0 saturated heterocycles. The zero-order chi connectivity index (χ0) is 10.8. The van der Waals surface area contributed by atoms with Gasteiger partial charge in [0.05, 0.1) is 0 Å². The Kier molecular flexibility index (Phi) is 2.73. The molecule has 1 unspecified atom stereocenters. The number of carbonyl (C=O) groups is 1.